The van der Waals surface area contributed by atoms with Crippen LogP contribution in [0.25, 0.3) is 66.8 Å². The van der Waals surface area contributed by atoms with Crippen LogP contribution < -0.4 is 92.3 Å². The number of ether oxygens (including phenoxy) is 6. The second-order valence-electron chi connectivity index (χ2n) is 41.1. The van der Waals surface area contributed by atoms with Gasteiger partial charge in [-0.05, 0) is 373 Å². The number of benzene rings is 19. The summed E-state index contributed by atoms with van der Waals surface area (Å²) in [6.45, 7) is 40.7. The molecule has 0 atom stereocenters. The van der Waals surface area contributed by atoms with Crippen LogP contribution in [0.5, 0.6) is 34.5 Å². The zero-order valence-corrected chi connectivity index (χ0v) is 91.2. The molecule has 12 heteroatoms. The summed E-state index contributed by atoms with van der Waals surface area (Å²) in [5, 5.41) is 0. The van der Waals surface area contributed by atoms with Crippen molar-refractivity contribution in [3.63, 3.8) is 0 Å². The predicted molar refractivity (Wildman–Crippen MR) is 640 cm³/mol. The number of hydrogen-bond donors (Lipinski definition) is 0. The first-order valence-corrected chi connectivity index (χ1v) is 52.1. The Balaban J connectivity index is 1.01. The van der Waals surface area contributed by atoms with Crippen molar-refractivity contribution in [2.45, 2.75) is 125 Å². The van der Waals surface area contributed by atoms with Crippen molar-refractivity contribution >= 4 is 120 Å². The Kier molecular flexibility index (Phi) is 29.7. The Bertz CT molecular complexity index is 6950. The molecule has 0 aromatic heterocycles. The van der Waals surface area contributed by atoms with Crippen molar-refractivity contribution in [2.75, 3.05) is 57.4 Å². The largest absolute Gasteiger partial charge is 0.497 e. The van der Waals surface area contributed by atoms with Crippen molar-refractivity contribution in [1.82, 2.24) is 0 Å². The standard InChI is InChI=1S/C138H132B3N3O6/c1-85-73-91(7)133(92(8)74-85)139(134-93(9)75-86(2)76-94(134)10)109-37-25-103(26-38-109)127-130(106-31-43-112(44-32-106)142(115-49-61-121(145-19)62-50-115)116-51-63-122(146-20)64-52-116)128(104-27-39-110(40-28-104)140(135-95(11)77-87(3)78-96(135)12)136-97(13)79-88(4)80-98(136)14)132(108-35-47-114(48-36-108)144(119-57-69-125(149-23)70-58-119)120-59-71-126(150-24)72-60-120)129(105-29-41-111(42-30-105)141(137-99(15)81-89(5)82-100(137)16)138-101(17)83-90(6)84-102(138)18)131(127)107-33-45-113(46-34-107)143(117-53-65-123(147-21)66-54-117)118-55-67-124(148-22)68-56-118/h25-84H,1-24H3. The van der Waals surface area contributed by atoms with E-state index in [-0.39, 0.29) is 20.1 Å². The molecule has 9 nitrogen and oxygen atoms in total. The Labute approximate surface area is 890 Å². The molecule has 0 spiro atoms. The van der Waals surface area contributed by atoms with Gasteiger partial charge in [0.2, 0.25) is 20.1 Å². The van der Waals surface area contributed by atoms with Gasteiger partial charge in [0.25, 0.3) is 0 Å². The second kappa shape index (κ2) is 43.5. The highest BCUT2D eigenvalue weighted by molar-refractivity contribution is 6.98. The molecular formula is C138H132B3N3O6. The van der Waals surface area contributed by atoms with Crippen LogP contribution in [0.2, 0.25) is 0 Å². The predicted octanol–water partition coefficient (Wildman–Crippen LogP) is 29.2. The molecule has 0 bridgehead atoms. The molecule has 19 aromatic rings. The van der Waals surface area contributed by atoms with Crippen LogP contribution in [-0.4, -0.2) is 62.8 Å². The molecule has 0 unspecified atom stereocenters. The quantitative estimate of drug-likeness (QED) is 0.0410. The van der Waals surface area contributed by atoms with Crippen molar-refractivity contribution in [3.05, 3.63) is 464 Å². The topological polar surface area (TPSA) is 65.1 Å². The molecular weight excluding hydrogens is 1830 g/mol. The molecule has 0 heterocycles. The fourth-order valence-electron chi connectivity index (χ4n) is 24.4. The van der Waals surface area contributed by atoms with E-state index in [1.54, 1.807) is 42.7 Å². The zero-order valence-electron chi connectivity index (χ0n) is 91.2. The highest BCUT2D eigenvalue weighted by Gasteiger charge is 2.37. The Hall–Kier alpha value is -16.4. The first-order valence-electron chi connectivity index (χ1n) is 52.1. The zero-order chi connectivity index (χ0) is 105. The lowest BCUT2D eigenvalue weighted by molar-refractivity contribution is 0.414. The molecule has 0 amide bonds. The number of nitrogens with zero attached hydrogens (tertiary/aromatic N) is 3. The highest BCUT2D eigenvalue weighted by Crippen LogP contribution is 2.58. The number of anilines is 9. The van der Waals surface area contributed by atoms with Crippen LogP contribution in [0, 0.1) is 125 Å². The number of aryl methyl sites for hydroxylation is 18. The molecule has 150 heavy (non-hydrogen) atoms. The molecule has 0 aliphatic rings. The van der Waals surface area contributed by atoms with Crippen molar-refractivity contribution in [1.29, 1.82) is 0 Å². The molecule has 19 rings (SSSR count). The van der Waals surface area contributed by atoms with Crippen molar-refractivity contribution in [2.24, 2.45) is 0 Å². The van der Waals surface area contributed by atoms with E-state index in [9.17, 15) is 0 Å². The van der Waals surface area contributed by atoms with E-state index in [1.807, 2.05) is 72.8 Å². The molecule has 0 radical (unpaired) electrons. The molecule has 19 aromatic carbocycles. The van der Waals surface area contributed by atoms with E-state index in [0.29, 0.717) is 0 Å². The average Bonchev–Trinajstić information content (AvgIpc) is 0.707. The van der Waals surface area contributed by atoms with Gasteiger partial charge >= 0.3 is 0 Å². The lowest BCUT2D eigenvalue weighted by Gasteiger charge is -2.31. The third-order valence-electron chi connectivity index (χ3n) is 30.5. The molecule has 0 aliphatic carbocycles. The van der Waals surface area contributed by atoms with E-state index in [4.69, 9.17) is 28.4 Å². The smallest absolute Gasteiger partial charge is 0.242 e. The van der Waals surface area contributed by atoms with Gasteiger partial charge in [-0.3, -0.25) is 0 Å². The van der Waals surface area contributed by atoms with Crippen LogP contribution in [0.4, 0.5) is 51.2 Å². The van der Waals surface area contributed by atoms with E-state index < -0.39 is 0 Å². The fourth-order valence-corrected chi connectivity index (χ4v) is 24.4. The molecule has 0 saturated carbocycles. The van der Waals surface area contributed by atoms with E-state index in [1.165, 1.54) is 149 Å². The molecule has 744 valence electrons. The van der Waals surface area contributed by atoms with Crippen LogP contribution in [-0.2, 0) is 0 Å². The summed E-state index contributed by atoms with van der Waals surface area (Å²) in [5.74, 6) is 4.56. The van der Waals surface area contributed by atoms with Gasteiger partial charge in [-0.2, -0.15) is 0 Å². The molecule has 0 aliphatic heterocycles. The average molecular weight is 1960 g/mol. The monoisotopic (exact) mass is 1960 g/mol. The lowest BCUT2D eigenvalue weighted by Crippen LogP contribution is -2.55. The minimum Gasteiger partial charge on any atom is -0.497 e. The summed E-state index contributed by atoms with van der Waals surface area (Å²) in [4.78, 5) is 6.96. The van der Waals surface area contributed by atoms with Gasteiger partial charge in [-0.15, -0.1) is 0 Å². The summed E-state index contributed by atoms with van der Waals surface area (Å²) in [6.07, 6.45) is 0. The van der Waals surface area contributed by atoms with E-state index in [0.717, 1.165) is 152 Å². The van der Waals surface area contributed by atoms with Crippen molar-refractivity contribution < 1.29 is 28.4 Å². The van der Waals surface area contributed by atoms with Crippen LogP contribution in [0.1, 0.15) is 100 Å². The second-order valence-corrected chi connectivity index (χ2v) is 41.1. The first kappa shape index (κ1) is 102. The maximum Gasteiger partial charge on any atom is 0.242 e. The van der Waals surface area contributed by atoms with Gasteiger partial charge < -0.3 is 43.1 Å². The number of methoxy groups -OCH3 is 6. The summed E-state index contributed by atoms with van der Waals surface area (Å²) < 4.78 is 35.3. The van der Waals surface area contributed by atoms with E-state index in [2.05, 4.69) is 431 Å². The van der Waals surface area contributed by atoms with Crippen LogP contribution in [0.3, 0.4) is 0 Å². The fraction of sp³-hybridized carbons (Fsp3) is 0.174. The number of rotatable bonds is 30. The Morgan fingerprint density at radius 1 is 0.140 bits per heavy atom. The lowest BCUT2D eigenvalue weighted by atomic mass is 9.34. The van der Waals surface area contributed by atoms with Gasteiger partial charge in [0.05, 0.1) is 42.7 Å². The molecule has 0 fully saturated rings. The Morgan fingerprint density at radius 2 is 0.247 bits per heavy atom. The highest BCUT2D eigenvalue weighted by atomic mass is 16.5. The van der Waals surface area contributed by atoms with Crippen LogP contribution in [0.15, 0.2) is 364 Å². The minimum atomic E-state index is -0.135. The van der Waals surface area contributed by atoms with Gasteiger partial charge in [0.1, 0.15) is 34.5 Å². The van der Waals surface area contributed by atoms with Gasteiger partial charge in [-0.1, -0.05) is 331 Å². The SMILES string of the molecule is COc1ccc(N(c2ccc(OC)cc2)c2ccc(-c3c(-c4ccc(B(c5c(C)cc(C)cc5C)c5c(C)cc(C)cc5C)cc4)c(-c4ccc(N(c5ccc(OC)cc5)c5ccc(OC)cc5)cc4)c(-c4ccc(B(c5c(C)cc(C)cc5C)c5c(C)cc(C)cc5C)cc4)c(-c4ccc(N(c5ccc(OC)cc5)c5ccc(OC)cc5)cc4)c3-c3ccc(B(c4c(C)cc(C)cc4C)c4c(C)cc(C)cc4C)cc3)cc2)cc1. The minimum absolute atomic E-state index is 0.135. The van der Waals surface area contributed by atoms with Gasteiger partial charge in [0, 0.05) is 51.2 Å². The summed E-state index contributed by atoms with van der Waals surface area (Å²) >= 11 is 0. The molecule has 0 saturated heterocycles. The van der Waals surface area contributed by atoms with Gasteiger partial charge in [0.15, 0.2) is 0 Å². The van der Waals surface area contributed by atoms with E-state index >= 15 is 0 Å². The Morgan fingerprint density at radius 3 is 0.360 bits per heavy atom. The summed E-state index contributed by atoms with van der Waals surface area (Å²) in [5.41, 5.74) is 54.9. The normalized spacial score (nSPS) is 11.2. The van der Waals surface area contributed by atoms with Crippen molar-refractivity contribution in [3.8, 4) is 101 Å². The van der Waals surface area contributed by atoms with Gasteiger partial charge in [-0.25, -0.2) is 0 Å². The summed E-state index contributed by atoms with van der Waals surface area (Å²) in [7, 11) is 10.3. The maximum absolute atomic E-state index is 5.89. The third-order valence-corrected chi connectivity index (χ3v) is 30.5. The third kappa shape index (κ3) is 20.4. The first-order chi connectivity index (χ1) is 72.5. The number of hydrogen-bond acceptors (Lipinski definition) is 9. The van der Waals surface area contributed by atoms with Crippen LogP contribution >= 0.6 is 0 Å². The maximum atomic E-state index is 5.89. The summed E-state index contributed by atoms with van der Waals surface area (Å²) in [6, 6.07) is 136. The molecule has 0 N–H and O–H groups in total.